The third kappa shape index (κ3) is 4.26. The number of benzene rings is 1. The number of halogens is 3. The molecule has 1 amide bonds. The molecule has 0 saturated heterocycles. The molecule has 0 fully saturated rings. The lowest BCUT2D eigenvalue weighted by atomic mass is 10.2. The molecule has 0 atom stereocenters. The van der Waals surface area contributed by atoms with E-state index in [1.807, 2.05) is 0 Å². The van der Waals surface area contributed by atoms with Crippen LogP contribution in [0.15, 0.2) is 18.2 Å². The molecule has 140 valence electrons. The molecule has 2 aromatic rings. The third-order valence-corrected chi connectivity index (χ3v) is 3.88. The average Bonchev–Trinajstić information content (AvgIpc) is 2.85. The normalized spacial score (nSPS) is 10.8. The summed E-state index contributed by atoms with van der Waals surface area (Å²) in [6.45, 7) is 3.07. The lowest BCUT2D eigenvalue weighted by Gasteiger charge is -2.09. The van der Waals surface area contributed by atoms with Gasteiger partial charge in [0.15, 0.2) is 0 Å². The van der Waals surface area contributed by atoms with Crippen molar-refractivity contribution in [3.8, 4) is 5.75 Å². The molecule has 1 aromatic carbocycles. The van der Waals surface area contributed by atoms with Crippen LogP contribution in [0.5, 0.6) is 5.75 Å². The van der Waals surface area contributed by atoms with Gasteiger partial charge in [-0.1, -0.05) is 11.6 Å². The van der Waals surface area contributed by atoms with Crippen molar-refractivity contribution in [1.29, 1.82) is 0 Å². The molecule has 1 aromatic heterocycles. The average molecular weight is 389 g/mol. The maximum absolute atomic E-state index is 12.8. The zero-order chi connectivity index (χ0) is 19.4. The Morgan fingerprint density at radius 3 is 2.73 bits per heavy atom. The number of nitrogens with zero attached hydrogens (tertiary/aromatic N) is 3. The van der Waals surface area contributed by atoms with Gasteiger partial charge < -0.3 is 10.1 Å². The molecule has 0 radical (unpaired) electrons. The van der Waals surface area contributed by atoms with Crippen LogP contribution in [-0.4, -0.2) is 27.2 Å². The maximum Gasteiger partial charge on any atom is 0.296 e. The summed E-state index contributed by atoms with van der Waals surface area (Å²) in [5, 5.41) is 16.9. The van der Waals surface area contributed by atoms with Crippen LogP contribution in [0.25, 0.3) is 0 Å². The Bertz CT molecular complexity index is 841. The van der Waals surface area contributed by atoms with Crippen LogP contribution in [0, 0.1) is 17.0 Å². The largest absolute Gasteiger partial charge is 0.494 e. The lowest BCUT2D eigenvalue weighted by molar-refractivity contribution is -0.384. The van der Waals surface area contributed by atoms with E-state index >= 15 is 0 Å². The quantitative estimate of drug-likeness (QED) is 0.575. The molecule has 1 heterocycles. The summed E-state index contributed by atoms with van der Waals surface area (Å²) in [5.74, 6) is -0.395. The number of nitro groups is 1. The molecule has 0 unspecified atom stereocenters. The predicted octanol–water partition coefficient (Wildman–Crippen LogP) is 3.73. The Hall–Kier alpha value is -2.75. The summed E-state index contributed by atoms with van der Waals surface area (Å²) in [5.41, 5.74) is -0.830. The highest BCUT2D eigenvalue weighted by atomic mass is 35.5. The van der Waals surface area contributed by atoms with E-state index in [1.165, 1.54) is 25.1 Å². The van der Waals surface area contributed by atoms with E-state index in [9.17, 15) is 23.7 Å². The van der Waals surface area contributed by atoms with E-state index < -0.39 is 29.5 Å². The number of nitro benzene ring substituents is 1. The Labute approximate surface area is 151 Å². The second-order valence-electron chi connectivity index (χ2n) is 5.16. The number of aromatic nitrogens is 2. The molecule has 0 aliphatic rings. The molecule has 11 heteroatoms. The summed E-state index contributed by atoms with van der Waals surface area (Å²) in [4.78, 5) is 22.7. The number of ether oxygens (including phenoxy) is 1. The topological polar surface area (TPSA) is 99.3 Å². The fourth-order valence-corrected chi connectivity index (χ4v) is 2.41. The molecular formula is C15H15ClF2N4O4. The van der Waals surface area contributed by atoms with Gasteiger partial charge in [0.1, 0.15) is 23.7 Å². The van der Waals surface area contributed by atoms with Crippen LogP contribution in [-0.2, 0) is 11.3 Å². The minimum absolute atomic E-state index is 0.0477. The zero-order valence-corrected chi connectivity index (χ0v) is 14.6. The molecule has 1 N–H and O–H groups in total. The first-order valence-corrected chi connectivity index (χ1v) is 7.84. The molecule has 0 saturated carbocycles. The molecule has 8 nitrogen and oxygen atoms in total. The number of rotatable bonds is 7. The fourth-order valence-electron chi connectivity index (χ4n) is 2.19. The van der Waals surface area contributed by atoms with Crippen LogP contribution in [0.3, 0.4) is 0 Å². The van der Waals surface area contributed by atoms with Crippen LogP contribution >= 0.6 is 11.6 Å². The molecule has 0 bridgehead atoms. The summed E-state index contributed by atoms with van der Waals surface area (Å²) in [6.07, 6.45) is -2.88. The van der Waals surface area contributed by atoms with Crippen LogP contribution in [0.2, 0.25) is 5.02 Å². The Morgan fingerprint density at radius 1 is 1.50 bits per heavy atom. The van der Waals surface area contributed by atoms with E-state index in [1.54, 1.807) is 6.92 Å². The van der Waals surface area contributed by atoms with Crippen molar-refractivity contribution < 1.29 is 23.2 Å². The van der Waals surface area contributed by atoms with Gasteiger partial charge in [0, 0.05) is 0 Å². The van der Waals surface area contributed by atoms with Gasteiger partial charge in [-0.05, 0) is 26.0 Å². The summed E-state index contributed by atoms with van der Waals surface area (Å²) < 4.78 is 31.8. The smallest absolute Gasteiger partial charge is 0.296 e. The van der Waals surface area contributed by atoms with E-state index in [0.717, 1.165) is 4.68 Å². The van der Waals surface area contributed by atoms with Gasteiger partial charge >= 0.3 is 0 Å². The SMILES string of the molecule is CCOc1ccc(NC(=O)Cn2nc(C(F)F)c(Cl)c2C)c([N+](=O)[O-])c1. The number of hydrogen-bond acceptors (Lipinski definition) is 5. The lowest BCUT2D eigenvalue weighted by Crippen LogP contribution is -2.21. The van der Waals surface area contributed by atoms with Crippen molar-refractivity contribution in [3.05, 3.63) is 44.7 Å². The van der Waals surface area contributed by atoms with Crippen molar-refractivity contribution in [1.82, 2.24) is 9.78 Å². The van der Waals surface area contributed by atoms with E-state index in [4.69, 9.17) is 16.3 Å². The molecule has 2 rings (SSSR count). The third-order valence-electron chi connectivity index (χ3n) is 3.41. The standard InChI is InChI=1S/C15H15ClF2N4O4/c1-3-26-9-4-5-10(11(6-9)22(24)25)19-12(23)7-21-8(2)13(16)14(20-21)15(17)18/h4-6,15H,3,7H2,1-2H3,(H,19,23). The van der Waals surface area contributed by atoms with Crippen LogP contribution in [0.1, 0.15) is 24.7 Å². The van der Waals surface area contributed by atoms with Gasteiger partial charge in [-0.2, -0.15) is 5.10 Å². The minimum atomic E-state index is -2.88. The zero-order valence-electron chi connectivity index (χ0n) is 13.8. The van der Waals surface area contributed by atoms with Gasteiger partial charge in [-0.3, -0.25) is 19.6 Å². The second-order valence-corrected chi connectivity index (χ2v) is 5.54. The summed E-state index contributed by atoms with van der Waals surface area (Å²) >= 11 is 5.77. The van der Waals surface area contributed by atoms with Gasteiger partial charge in [0.05, 0.1) is 28.3 Å². The molecule has 0 aliphatic heterocycles. The van der Waals surface area contributed by atoms with Gasteiger partial charge in [0.25, 0.3) is 12.1 Å². The van der Waals surface area contributed by atoms with Gasteiger partial charge in [-0.25, -0.2) is 8.78 Å². The summed E-state index contributed by atoms with van der Waals surface area (Å²) in [7, 11) is 0. The Kier molecular flexibility index (Phi) is 6.09. The maximum atomic E-state index is 12.8. The van der Waals surface area contributed by atoms with Gasteiger partial charge in [0.2, 0.25) is 5.91 Å². The Balaban J connectivity index is 2.20. The number of hydrogen-bond donors (Lipinski definition) is 1. The number of amides is 1. The molecular weight excluding hydrogens is 374 g/mol. The highest BCUT2D eigenvalue weighted by Crippen LogP contribution is 2.30. The van der Waals surface area contributed by atoms with E-state index in [-0.39, 0.29) is 27.8 Å². The number of nitrogens with one attached hydrogen (secondary N) is 1. The van der Waals surface area contributed by atoms with Crippen LogP contribution in [0.4, 0.5) is 20.2 Å². The van der Waals surface area contributed by atoms with Crippen LogP contribution < -0.4 is 10.1 Å². The first-order valence-electron chi connectivity index (χ1n) is 7.46. The summed E-state index contributed by atoms with van der Waals surface area (Å²) in [6, 6.07) is 3.98. The second kappa shape index (κ2) is 8.09. The van der Waals surface area contributed by atoms with Crippen molar-refractivity contribution >= 4 is 28.9 Å². The highest BCUT2D eigenvalue weighted by molar-refractivity contribution is 6.31. The highest BCUT2D eigenvalue weighted by Gasteiger charge is 2.22. The monoisotopic (exact) mass is 388 g/mol. The number of anilines is 1. The number of carbonyl (C=O) groups is 1. The Morgan fingerprint density at radius 2 is 2.19 bits per heavy atom. The minimum Gasteiger partial charge on any atom is -0.494 e. The fraction of sp³-hybridized carbons (Fsp3) is 0.333. The first kappa shape index (κ1) is 19.6. The molecule has 0 spiro atoms. The van der Waals surface area contributed by atoms with E-state index in [2.05, 4.69) is 10.4 Å². The first-order chi connectivity index (χ1) is 12.2. The number of carbonyl (C=O) groups excluding carboxylic acids is 1. The van der Waals surface area contributed by atoms with Crippen molar-refractivity contribution in [2.45, 2.75) is 26.8 Å². The van der Waals surface area contributed by atoms with Crippen molar-refractivity contribution in [2.75, 3.05) is 11.9 Å². The van der Waals surface area contributed by atoms with Crippen molar-refractivity contribution in [2.24, 2.45) is 0 Å². The molecule has 0 aliphatic carbocycles. The molecule has 26 heavy (non-hydrogen) atoms. The van der Waals surface area contributed by atoms with Crippen molar-refractivity contribution in [3.63, 3.8) is 0 Å². The predicted molar refractivity (Wildman–Crippen MR) is 89.8 cm³/mol. The van der Waals surface area contributed by atoms with Gasteiger partial charge in [-0.15, -0.1) is 0 Å². The number of alkyl halides is 2. The van der Waals surface area contributed by atoms with E-state index in [0.29, 0.717) is 6.61 Å².